The number of nitrogens with zero attached hydrogens (tertiary/aromatic N) is 1. The molecule has 0 radical (unpaired) electrons. The Bertz CT molecular complexity index is 674. The molecular weight excluding hydrogens is 295 g/mol. The summed E-state index contributed by atoms with van der Waals surface area (Å²) in [6.45, 7) is 0.381. The van der Waals surface area contributed by atoms with E-state index >= 15 is 0 Å². The van der Waals surface area contributed by atoms with E-state index in [9.17, 15) is 9.18 Å². The van der Waals surface area contributed by atoms with Gasteiger partial charge in [0.25, 0.3) is 5.91 Å². The SMILES string of the molecule is COc1cccc(C(=O)NCC(c2cccc(F)c2)N(C)C)c1. The van der Waals surface area contributed by atoms with Gasteiger partial charge in [0, 0.05) is 12.1 Å². The standard InChI is InChI=1S/C18H21FN2O2/c1-21(2)17(13-6-4-8-15(19)10-13)12-20-18(22)14-7-5-9-16(11-14)23-3/h4-11,17H,12H2,1-3H3,(H,20,22). The summed E-state index contributed by atoms with van der Waals surface area (Å²) in [7, 11) is 5.35. The first-order valence-electron chi connectivity index (χ1n) is 7.35. The number of rotatable bonds is 6. The fourth-order valence-corrected chi connectivity index (χ4v) is 2.37. The smallest absolute Gasteiger partial charge is 0.251 e. The molecule has 122 valence electrons. The lowest BCUT2D eigenvalue weighted by Gasteiger charge is -2.25. The first-order valence-corrected chi connectivity index (χ1v) is 7.35. The summed E-state index contributed by atoms with van der Waals surface area (Å²) < 4.78 is 18.5. The van der Waals surface area contributed by atoms with E-state index in [1.165, 1.54) is 12.1 Å². The molecule has 0 fully saturated rings. The molecule has 0 aliphatic heterocycles. The van der Waals surface area contributed by atoms with Gasteiger partial charge in [0.1, 0.15) is 11.6 Å². The highest BCUT2D eigenvalue weighted by Crippen LogP contribution is 2.19. The average molecular weight is 316 g/mol. The third kappa shape index (κ3) is 4.53. The van der Waals surface area contributed by atoms with Gasteiger partial charge in [0.05, 0.1) is 13.2 Å². The van der Waals surface area contributed by atoms with Gasteiger partial charge in [0.15, 0.2) is 0 Å². The molecule has 0 saturated carbocycles. The molecule has 2 aromatic rings. The zero-order valence-electron chi connectivity index (χ0n) is 13.5. The quantitative estimate of drug-likeness (QED) is 0.891. The maximum atomic E-state index is 13.4. The van der Waals surface area contributed by atoms with Crippen molar-refractivity contribution >= 4 is 5.91 Å². The van der Waals surface area contributed by atoms with E-state index in [-0.39, 0.29) is 17.8 Å². The van der Waals surface area contributed by atoms with Gasteiger partial charge < -0.3 is 15.0 Å². The predicted molar refractivity (Wildman–Crippen MR) is 88.2 cm³/mol. The lowest BCUT2D eigenvalue weighted by atomic mass is 10.1. The Morgan fingerprint density at radius 2 is 1.96 bits per heavy atom. The Hall–Kier alpha value is -2.40. The van der Waals surface area contributed by atoms with Crippen LogP contribution in [-0.4, -0.2) is 38.6 Å². The van der Waals surface area contributed by atoms with Crippen molar-refractivity contribution in [2.75, 3.05) is 27.7 Å². The van der Waals surface area contributed by atoms with Crippen molar-refractivity contribution in [3.63, 3.8) is 0 Å². The van der Waals surface area contributed by atoms with Crippen molar-refractivity contribution < 1.29 is 13.9 Å². The van der Waals surface area contributed by atoms with Crippen LogP contribution in [0.15, 0.2) is 48.5 Å². The molecule has 0 aliphatic carbocycles. The molecule has 1 amide bonds. The number of methoxy groups -OCH3 is 1. The zero-order chi connectivity index (χ0) is 16.8. The average Bonchev–Trinajstić information content (AvgIpc) is 2.54. The molecule has 0 saturated heterocycles. The van der Waals surface area contributed by atoms with Crippen LogP contribution in [0, 0.1) is 5.82 Å². The molecule has 2 aromatic carbocycles. The van der Waals surface area contributed by atoms with Crippen LogP contribution in [0.2, 0.25) is 0 Å². The fraction of sp³-hybridized carbons (Fsp3) is 0.278. The van der Waals surface area contributed by atoms with Gasteiger partial charge in [0.2, 0.25) is 0 Å². The highest BCUT2D eigenvalue weighted by molar-refractivity contribution is 5.94. The van der Waals surface area contributed by atoms with E-state index in [0.717, 1.165) is 5.56 Å². The molecule has 0 aliphatic rings. The third-order valence-electron chi connectivity index (χ3n) is 3.64. The Balaban J connectivity index is 2.08. The van der Waals surface area contributed by atoms with Crippen LogP contribution in [-0.2, 0) is 0 Å². The van der Waals surface area contributed by atoms with Crippen LogP contribution in [0.4, 0.5) is 4.39 Å². The number of halogens is 1. The van der Waals surface area contributed by atoms with E-state index in [2.05, 4.69) is 5.32 Å². The highest BCUT2D eigenvalue weighted by atomic mass is 19.1. The number of carbonyl (C=O) groups is 1. The molecule has 1 N–H and O–H groups in total. The summed E-state index contributed by atoms with van der Waals surface area (Å²) in [5, 5.41) is 2.89. The molecule has 0 aromatic heterocycles. The number of benzene rings is 2. The number of likely N-dealkylation sites (N-methyl/N-ethyl adjacent to an activating group) is 1. The number of hydrogen-bond donors (Lipinski definition) is 1. The Morgan fingerprint density at radius 1 is 1.22 bits per heavy atom. The molecule has 0 heterocycles. The summed E-state index contributed by atoms with van der Waals surface area (Å²) in [5.41, 5.74) is 1.35. The zero-order valence-corrected chi connectivity index (χ0v) is 13.5. The molecule has 1 atom stereocenters. The van der Waals surface area contributed by atoms with Gasteiger partial charge in [-0.2, -0.15) is 0 Å². The molecular formula is C18H21FN2O2. The number of hydrogen-bond acceptors (Lipinski definition) is 3. The largest absolute Gasteiger partial charge is 0.497 e. The van der Waals surface area contributed by atoms with Crippen LogP contribution in [0.3, 0.4) is 0 Å². The maximum absolute atomic E-state index is 13.4. The van der Waals surface area contributed by atoms with Crippen LogP contribution < -0.4 is 10.1 Å². The minimum atomic E-state index is -0.284. The van der Waals surface area contributed by atoms with Gasteiger partial charge >= 0.3 is 0 Å². The van der Waals surface area contributed by atoms with Gasteiger partial charge in [-0.25, -0.2) is 4.39 Å². The molecule has 2 rings (SSSR count). The summed E-state index contributed by atoms with van der Waals surface area (Å²) in [5.74, 6) is 0.160. The molecule has 0 spiro atoms. The van der Waals surface area contributed by atoms with Gasteiger partial charge in [-0.15, -0.1) is 0 Å². The number of ether oxygens (including phenoxy) is 1. The minimum absolute atomic E-state index is 0.111. The van der Waals surface area contributed by atoms with E-state index in [1.54, 1.807) is 37.4 Å². The number of amides is 1. The first-order chi connectivity index (χ1) is 11.0. The van der Waals surface area contributed by atoms with Crippen molar-refractivity contribution in [1.82, 2.24) is 10.2 Å². The summed E-state index contributed by atoms with van der Waals surface area (Å²) in [4.78, 5) is 14.2. The summed E-state index contributed by atoms with van der Waals surface area (Å²) in [6, 6.07) is 13.3. The van der Waals surface area contributed by atoms with E-state index in [0.29, 0.717) is 17.9 Å². The lowest BCUT2D eigenvalue weighted by Crippen LogP contribution is -2.34. The highest BCUT2D eigenvalue weighted by Gasteiger charge is 2.16. The fourth-order valence-electron chi connectivity index (χ4n) is 2.37. The molecule has 23 heavy (non-hydrogen) atoms. The van der Waals surface area contributed by atoms with Crippen molar-refractivity contribution in [1.29, 1.82) is 0 Å². The molecule has 1 unspecified atom stereocenters. The third-order valence-corrected chi connectivity index (χ3v) is 3.64. The van der Waals surface area contributed by atoms with Gasteiger partial charge in [-0.1, -0.05) is 18.2 Å². The Morgan fingerprint density at radius 3 is 2.61 bits per heavy atom. The first kappa shape index (κ1) is 17.0. The van der Waals surface area contributed by atoms with Gasteiger partial charge in [-0.3, -0.25) is 4.79 Å². The van der Waals surface area contributed by atoms with Crippen molar-refractivity contribution in [3.8, 4) is 5.75 Å². The van der Waals surface area contributed by atoms with Crippen LogP contribution >= 0.6 is 0 Å². The normalized spacial score (nSPS) is 12.0. The monoisotopic (exact) mass is 316 g/mol. The van der Waals surface area contributed by atoms with Crippen LogP contribution in [0.5, 0.6) is 5.75 Å². The van der Waals surface area contributed by atoms with E-state index in [1.807, 2.05) is 25.1 Å². The van der Waals surface area contributed by atoms with Crippen molar-refractivity contribution in [3.05, 3.63) is 65.5 Å². The Labute approximate surface area is 135 Å². The lowest BCUT2D eigenvalue weighted by molar-refractivity contribution is 0.0941. The number of carbonyl (C=O) groups excluding carboxylic acids is 1. The summed E-state index contributed by atoms with van der Waals surface area (Å²) in [6.07, 6.45) is 0. The second-order valence-electron chi connectivity index (χ2n) is 5.48. The van der Waals surface area contributed by atoms with Crippen molar-refractivity contribution in [2.45, 2.75) is 6.04 Å². The summed E-state index contributed by atoms with van der Waals surface area (Å²) >= 11 is 0. The van der Waals surface area contributed by atoms with Crippen LogP contribution in [0.1, 0.15) is 22.0 Å². The predicted octanol–water partition coefficient (Wildman–Crippen LogP) is 2.87. The van der Waals surface area contributed by atoms with E-state index in [4.69, 9.17) is 4.74 Å². The maximum Gasteiger partial charge on any atom is 0.251 e. The molecule has 5 heteroatoms. The van der Waals surface area contributed by atoms with E-state index < -0.39 is 0 Å². The van der Waals surface area contributed by atoms with Crippen molar-refractivity contribution in [2.24, 2.45) is 0 Å². The minimum Gasteiger partial charge on any atom is -0.497 e. The van der Waals surface area contributed by atoms with Crippen LogP contribution in [0.25, 0.3) is 0 Å². The topological polar surface area (TPSA) is 41.6 Å². The number of nitrogens with one attached hydrogen (secondary N) is 1. The molecule has 4 nitrogen and oxygen atoms in total. The second kappa shape index (κ2) is 7.74. The molecule has 0 bridgehead atoms. The second-order valence-corrected chi connectivity index (χ2v) is 5.48. The van der Waals surface area contributed by atoms with Gasteiger partial charge in [-0.05, 0) is 50.0 Å². The Kier molecular flexibility index (Phi) is 5.71.